The second-order valence-electron chi connectivity index (χ2n) is 6.36. The summed E-state index contributed by atoms with van der Waals surface area (Å²) in [7, 11) is 0. The van der Waals surface area contributed by atoms with Gasteiger partial charge in [0.15, 0.2) is 5.82 Å². The van der Waals surface area contributed by atoms with Gasteiger partial charge in [0.2, 0.25) is 11.1 Å². The maximum absolute atomic E-state index is 12.1. The molecule has 0 bridgehead atoms. The predicted octanol–water partition coefficient (Wildman–Crippen LogP) is 2.73. The first kappa shape index (κ1) is 19.0. The van der Waals surface area contributed by atoms with Crippen LogP contribution in [0, 0.1) is 13.8 Å². The van der Waals surface area contributed by atoms with Gasteiger partial charge in [0.05, 0.1) is 5.75 Å². The van der Waals surface area contributed by atoms with Gasteiger partial charge >= 0.3 is 0 Å². The fourth-order valence-electron chi connectivity index (χ4n) is 2.68. The lowest BCUT2D eigenvalue weighted by Crippen LogP contribution is -2.27. The maximum Gasteiger partial charge on any atom is 0.230 e. The number of aromatic nitrogens is 3. The Balaban J connectivity index is 1.50. The van der Waals surface area contributed by atoms with E-state index in [2.05, 4.69) is 34.6 Å². The number of aryl methyl sites for hydroxylation is 2. The SMILES string of the molecule is Cc1ccc(-c2nnc(SCC(=O)NCCc3ccccc3C)n2N)cc1. The third kappa shape index (κ3) is 4.89. The fourth-order valence-corrected chi connectivity index (χ4v) is 3.37. The summed E-state index contributed by atoms with van der Waals surface area (Å²) >= 11 is 1.28. The summed E-state index contributed by atoms with van der Waals surface area (Å²) in [4.78, 5) is 12.1. The van der Waals surface area contributed by atoms with Crippen molar-refractivity contribution in [2.24, 2.45) is 0 Å². The number of rotatable bonds is 7. The van der Waals surface area contributed by atoms with Gasteiger partial charge in [-0.25, -0.2) is 4.68 Å². The number of nitrogen functional groups attached to an aromatic ring is 1. The highest BCUT2D eigenvalue weighted by atomic mass is 32.2. The lowest BCUT2D eigenvalue weighted by molar-refractivity contribution is -0.118. The molecule has 140 valence electrons. The molecule has 3 aromatic rings. The van der Waals surface area contributed by atoms with Crippen molar-refractivity contribution in [1.82, 2.24) is 20.2 Å². The summed E-state index contributed by atoms with van der Waals surface area (Å²) < 4.78 is 1.43. The summed E-state index contributed by atoms with van der Waals surface area (Å²) in [6.07, 6.45) is 0.813. The molecule has 3 rings (SSSR count). The number of nitrogens with one attached hydrogen (secondary N) is 1. The molecule has 0 aliphatic carbocycles. The molecule has 2 aromatic carbocycles. The first-order valence-corrected chi connectivity index (χ1v) is 9.74. The maximum atomic E-state index is 12.1. The Labute approximate surface area is 163 Å². The summed E-state index contributed by atoms with van der Waals surface area (Å²) in [5.41, 5.74) is 4.54. The van der Waals surface area contributed by atoms with E-state index in [1.807, 2.05) is 43.3 Å². The lowest BCUT2D eigenvalue weighted by atomic mass is 10.1. The minimum absolute atomic E-state index is 0.0477. The second-order valence-corrected chi connectivity index (χ2v) is 7.30. The van der Waals surface area contributed by atoms with Crippen LogP contribution in [0.25, 0.3) is 11.4 Å². The second kappa shape index (κ2) is 8.73. The van der Waals surface area contributed by atoms with Gasteiger partial charge in [-0.05, 0) is 31.4 Å². The number of hydrogen-bond donors (Lipinski definition) is 2. The van der Waals surface area contributed by atoms with Crippen molar-refractivity contribution in [2.45, 2.75) is 25.4 Å². The molecule has 7 heteroatoms. The van der Waals surface area contributed by atoms with Crippen LogP contribution in [0.3, 0.4) is 0 Å². The Bertz CT molecular complexity index is 920. The number of benzene rings is 2. The number of nitrogens with two attached hydrogens (primary N) is 1. The molecule has 0 unspecified atom stereocenters. The zero-order valence-electron chi connectivity index (χ0n) is 15.5. The average Bonchev–Trinajstić information content (AvgIpc) is 3.03. The van der Waals surface area contributed by atoms with Crippen LogP contribution >= 0.6 is 11.8 Å². The van der Waals surface area contributed by atoms with Gasteiger partial charge in [-0.1, -0.05) is 65.9 Å². The van der Waals surface area contributed by atoms with E-state index in [0.29, 0.717) is 17.5 Å². The van der Waals surface area contributed by atoms with Crippen molar-refractivity contribution in [3.05, 3.63) is 65.2 Å². The van der Waals surface area contributed by atoms with E-state index in [1.165, 1.54) is 33.1 Å². The molecule has 0 aliphatic rings. The minimum atomic E-state index is -0.0477. The molecule has 6 nitrogen and oxygen atoms in total. The van der Waals surface area contributed by atoms with E-state index in [1.54, 1.807) is 0 Å². The molecule has 1 heterocycles. The predicted molar refractivity (Wildman–Crippen MR) is 109 cm³/mol. The largest absolute Gasteiger partial charge is 0.355 e. The van der Waals surface area contributed by atoms with Gasteiger partial charge < -0.3 is 11.2 Å². The van der Waals surface area contributed by atoms with Crippen LogP contribution in [0.1, 0.15) is 16.7 Å². The molecule has 0 aliphatic heterocycles. The number of carbonyl (C=O) groups is 1. The Kier molecular flexibility index (Phi) is 6.13. The monoisotopic (exact) mass is 381 g/mol. The zero-order valence-corrected chi connectivity index (χ0v) is 16.3. The van der Waals surface area contributed by atoms with Crippen LogP contribution in [-0.4, -0.2) is 33.1 Å². The van der Waals surface area contributed by atoms with Crippen molar-refractivity contribution in [1.29, 1.82) is 0 Å². The summed E-state index contributed by atoms with van der Waals surface area (Å²) in [5, 5.41) is 11.7. The summed E-state index contributed by atoms with van der Waals surface area (Å²) in [6, 6.07) is 16.1. The Morgan fingerprint density at radius 1 is 1.11 bits per heavy atom. The van der Waals surface area contributed by atoms with Crippen LogP contribution in [0.2, 0.25) is 0 Å². The van der Waals surface area contributed by atoms with E-state index in [4.69, 9.17) is 5.84 Å². The average molecular weight is 382 g/mol. The number of hydrogen-bond acceptors (Lipinski definition) is 5. The van der Waals surface area contributed by atoms with Crippen molar-refractivity contribution < 1.29 is 4.79 Å². The number of thioether (sulfide) groups is 1. The summed E-state index contributed by atoms with van der Waals surface area (Å²) in [5.74, 6) is 6.87. The molecule has 1 amide bonds. The van der Waals surface area contributed by atoms with E-state index in [9.17, 15) is 4.79 Å². The molecule has 0 atom stereocenters. The van der Waals surface area contributed by atoms with Crippen molar-refractivity contribution in [2.75, 3.05) is 18.1 Å². The van der Waals surface area contributed by atoms with Crippen LogP contribution in [0.5, 0.6) is 0 Å². The quantitative estimate of drug-likeness (QED) is 0.485. The molecule has 0 radical (unpaired) electrons. The van der Waals surface area contributed by atoms with E-state index in [-0.39, 0.29) is 11.7 Å². The molecule has 0 spiro atoms. The van der Waals surface area contributed by atoms with E-state index < -0.39 is 0 Å². The van der Waals surface area contributed by atoms with Crippen LogP contribution in [0.15, 0.2) is 53.7 Å². The first-order chi connectivity index (χ1) is 13.0. The van der Waals surface area contributed by atoms with Crippen LogP contribution in [-0.2, 0) is 11.2 Å². The minimum Gasteiger partial charge on any atom is -0.355 e. The Morgan fingerprint density at radius 3 is 2.59 bits per heavy atom. The fraction of sp³-hybridized carbons (Fsp3) is 0.250. The molecule has 1 aromatic heterocycles. The topological polar surface area (TPSA) is 85.8 Å². The molecule has 3 N–H and O–H groups in total. The third-order valence-corrected chi connectivity index (χ3v) is 5.23. The van der Waals surface area contributed by atoms with Gasteiger partial charge in [0.1, 0.15) is 0 Å². The van der Waals surface area contributed by atoms with Gasteiger partial charge in [-0.15, -0.1) is 10.2 Å². The van der Waals surface area contributed by atoms with E-state index >= 15 is 0 Å². The standard InChI is InChI=1S/C20H23N5OS/c1-14-7-9-17(10-8-14)19-23-24-20(25(19)21)27-13-18(26)22-12-11-16-6-4-3-5-15(16)2/h3-10H,11-13,21H2,1-2H3,(H,22,26). The third-order valence-electron chi connectivity index (χ3n) is 4.28. The molecule has 0 saturated heterocycles. The lowest BCUT2D eigenvalue weighted by Gasteiger charge is -2.07. The number of nitrogens with zero attached hydrogens (tertiary/aromatic N) is 3. The smallest absolute Gasteiger partial charge is 0.230 e. The van der Waals surface area contributed by atoms with Crippen LogP contribution in [0.4, 0.5) is 0 Å². The number of amides is 1. The summed E-state index contributed by atoms with van der Waals surface area (Å²) in [6.45, 7) is 4.71. The first-order valence-electron chi connectivity index (χ1n) is 8.76. The van der Waals surface area contributed by atoms with Crippen molar-refractivity contribution in [3.63, 3.8) is 0 Å². The highest BCUT2D eigenvalue weighted by molar-refractivity contribution is 7.99. The highest BCUT2D eigenvalue weighted by Gasteiger charge is 2.13. The molecule has 0 saturated carbocycles. The Morgan fingerprint density at radius 2 is 1.85 bits per heavy atom. The number of carbonyl (C=O) groups excluding carboxylic acids is 1. The van der Waals surface area contributed by atoms with E-state index in [0.717, 1.165) is 12.0 Å². The molecule has 0 fully saturated rings. The van der Waals surface area contributed by atoms with Gasteiger partial charge in [-0.3, -0.25) is 4.79 Å². The zero-order chi connectivity index (χ0) is 19.2. The van der Waals surface area contributed by atoms with Crippen molar-refractivity contribution >= 4 is 17.7 Å². The highest BCUT2D eigenvalue weighted by Crippen LogP contribution is 2.21. The molecule has 27 heavy (non-hydrogen) atoms. The van der Waals surface area contributed by atoms with Gasteiger partial charge in [-0.2, -0.15) is 0 Å². The van der Waals surface area contributed by atoms with Gasteiger partial charge in [0, 0.05) is 12.1 Å². The normalized spacial score (nSPS) is 10.7. The van der Waals surface area contributed by atoms with Gasteiger partial charge in [0.25, 0.3) is 0 Å². The van der Waals surface area contributed by atoms with Crippen molar-refractivity contribution in [3.8, 4) is 11.4 Å². The molecular weight excluding hydrogens is 358 g/mol. The molecular formula is C20H23N5OS. The van der Waals surface area contributed by atoms with Crippen LogP contribution < -0.4 is 11.2 Å². The Hall–Kier alpha value is -2.80.